The quantitative estimate of drug-likeness (QED) is 0.791. The summed E-state index contributed by atoms with van der Waals surface area (Å²) in [5, 5.41) is 22.9. The molecule has 112 valence electrons. The van der Waals surface area contributed by atoms with Crippen molar-refractivity contribution in [3.05, 3.63) is 23.8 Å². The first-order chi connectivity index (χ1) is 9.52. The summed E-state index contributed by atoms with van der Waals surface area (Å²) in [6.07, 6.45) is 1.80. The Bertz CT molecular complexity index is 440. The fourth-order valence-electron chi connectivity index (χ4n) is 2.89. The number of benzene rings is 1. The monoisotopic (exact) mass is 278 g/mol. The number of aliphatic hydroxyl groups excluding tert-OH is 1. The Morgan fingerprint density at radius 3 is 2.40 bits per heavy atom. The fraction of sp³-hybridized carbons (Fsp3) is 0.625. The highest BCUT2D eigenvalue weighted by molar-refractivity contribution is 5.54. The molecule has 1 aliphatic rings. The molecule has 0 aromatic heterocycles. The van der Waals surface area contributed by atoms with Crippen LogP contribution in [-0.2, 0) is 0 Å². The molecule has 3 N–H and O–H groups in total. The van der Waals surface area contributed by atoms with E-state index >= 15 is 0 Å². The molecule has 0 amide bonds. The van der Waals surface area contributed by atoms with Gasteiger partial charge in [-0.1, -0.05) is 6.07 Å². The van der Waals surface area contributed by atoms with Crippen molar-refractivity contribution in [2.24, 2.45) is 5.92 Å². The minimum absolute atomic E-state index is 0.144. The lowest BCUT2D eigenvalue weighted by Gasteiger charge is -2.35. The third-order valence-corrected chi connectivity index (χ3v) is 4.50. The van der Waals surface area contributed by atoms with E-state index in [1.807, 2.05) is 33.0 Å². The van der Waals surface area contributed by atoms with Crippen molar-refractivity contribution in [3.8, 4) is 5.75 Å². The Labute approximate surface area is 121 Å². The number of nitrogens with one attached hydrogen (secondary N) is 1. The second kappa shape index (κ2) is 6.46. The lowest BCUT2D eigenvalue weighted by Crippen LogP contribution is -2.37. The Morgan fingerprint density at radius 1 is 1.25 bits per heavy atom. The summed E-state index contributed by atoms with van der Waals surface area (Å²) in [5.74, 6) is 0.755. The van der Waals surface area contributed by atoms with Gasteiger partial charge in [-0.3, -0.25) is 0 Å². The summed E-state index contributed by atoms with van der Waals surface area (Å²) in [7, 11) is 1.89. The molecule has 1 aliphatic heterocycles. The van der Waals surface area contributed by atoms with E-state index in [1.54, 1.807) is 0 Å². The Hall–Kier alpha value is -1.26. The van der Waals surface area contributed by atoms with Crippen molar-refractivity contribution in [1.29, 1.82) is 0 Å². The van der Waals surface area contributed by atoms with Crippen LogP contribution in [0.2, 0.25) is 0 Å². The summed E-state index contributed by atoms with van der Waals surface area (Å²) >= 11 is 0. The van der Waals surface area contributed by atoms with Crippen molar-refractivity contribution in [2.75, 3.05) is 25.0 Å². The minimum atomic E-state index is -0.218. The highest BCUT2D eigenvalue weighted by atomic mass is 16.3. The first-order valence-electron chi connectivity index (χ1n) is 7.46. The molecule has 1 fully saturated rings. The van der Waals surface area contributed by atoms with Crippen molar-refractivity contribution in [3.63, 3.8) is 0 Å². The zero-order valence-corrected chi connectivity index (χ0v) is 12.6. The van der Waals surface area contributed by atoms with Crippen LogP contribution in [0.4, 0.5) is 5.69 Å². The van der Waals surface area contributed by atoms with Gasteiger partial charge in [0, 0.05) is 36.4 Å². The van der Waals surface area contributed by atoms with Crippen molar-refractivity contribution in [1.82, 2.24) is 5.32 Å². The van der Waals surface area contributed by atoms with Gasteiger partial charge >= 0.3 is 0 Å². The summed E-state index contributed by atoms with van der Waals surface area (Å²) < 4.78 is 0. The lowest BCUT2D eigenvalue weighted by molar-refractivity contribution is 0.110. The summed E-state index contributed by atoms with van der Waals surface area (Å²) in [5.41, 5.74) is 1.99. The highest BCUT2D eigenvalue weighted by Gasteiger charge is 2.23. The van der Waals surface area contributed by atoms with E-state index in [-0.39, 0.29) is 12.1 Å². The van der Waals surface area contributed by atoms with Gasteiger partial charge in [0.15, 0.2) is 0 Å². The Kier molecular flexibility index (Phi) is 4.89. The zero-order valence-electron chi connectivity index (χ0n) is 12.6. The number of hydrogen-bond donors (Lipinski definition) is 3. The molecule has 1 aromatic rings. The van der Waals surface area contributed by atoms with E-state index in [9.17, 15) is 10.2 Å². The van der Waals surface area contributed by atoms with Gasteiger partial charge in [-0.2, -0.15) is 0 Å². The van der Waals surface area contributed by atoms with Gasteiger partial charge in [0.1, 0.15) is 5.75 Å². The molecular formula is C16H26N2O2. The molecule has 0 aliphatic carbocycles. The molecule has 0 bridgehead atoms. The molecule has 1 heterocycles. The van der Waals surface area contributed by atoms with E-state index in [4.69, 9.17) is 0 Å². The van der Waals surface area contributed by atoms with Gasteiger partial charge in [0.05, 0.1) is 6.10 Å². The van der Waals surface area contributed by atoms with Gasteiger partial charge in [0.25, 0.3) is 0 Å². The number of phenols is 1. The molecule has 1 saturated heterocycles. The number of piperidine rings is 1. The smallest absolute Gasteiger partial charge is 0.122 e. The maximum Gasteiger partial charge on any atom is 0.122 e. The average Bonchev–Trinajstić information content (AvgIpc) is 2.46. The molecule has 4 nitrogen and oxygen atoms in total. The average molecular weight is 278 g/mol. The van der Waals surface area contributed by atoms with Crippen LogP contribution in [0.25, 0.3) is 0 Å². The van der Waals surface area contributed by atoms with Crippen LogP contribution < -0.4 is 10.2 Å². The first kappa shape index (κ1) is 15.1. The number of aromatic hydroxyl groups is 1. The standard InChI is InChI=1S/C16H26N2O2/c1-11(17-3)15-5-4-14(10-16(15)20)18-8-6-13(7-9-18)12(2)19/h4-5,10-13,17,19-20H,6-9H2,1-3H3. The van der Waals surface area contributed by atoms with Crippen molar-refractivity contribution in [2.45, 2.75) is 38.8 Å². The third-order valence-electron chi connectivity index (χ3n) is 4.50. The number of phenolic OH excluding ortho intramolecular Hbond substituents is 1. The molecule has 0 radical (unpaired) electrons. The number of anilines is 1. The molecule has 2 atom stereocenters. The Balaban J connectivity index is 2.06. The van der Waals surface area contributed by atoms with Crippen LogP contribution >= 0.6 is 0 Å². The topological polar surface area (TPSA) is 55.7 Å². The molecule has 0 saturated carbocycles. The highest BCUT2D eigenvalue weighted by Crippen LogP contribution is 2.31. The minimum Gasteiger partial charge on any atom is -0.508 e. The number of nitrogens with zero attached hydrogens (tertiary/aromatic N) is 1. The summed E-state index contributed by atoms with van der Waals surface area (Å²) in [6, 6.07) is 6.06. The van der Waals surface area contributed by atoms with Crippen LogP contribution in [-0.4, -0.2) is 36.5 Å². The van der Waals surface area contributed by atoms with E-state index in [2.05, 4.69) is 16.3 Å². The van der Waals surface area contributed by atoms with E-state index < -0.39 is 0 Å². The summed E-state index contributed by atoms with van der Waals surface area (Å²) in [4.78, 5) is 2.28. The zero-order chi connectivity index (χ0) is 14.7. The van der Waals surface area contributed by atoms with Crippen molar-refractivity contribution < 1.29 is 10.2 Å². The number of hydrogen-bond acceptors (Lipinski definition) is 4. The van der Waals surface area contributed by atoms with E-state index in [0.29, 0.717) is 11.7 Å². The molecule has 0 spiro atoms. The van der Waals surface area contributed by atoms with Gasteiger partial charge in [-0.15, -0.1) is 0 Å². The Morgan fingerprint density at radius 2 is 1.90 bits per heavy atom. The van der Waals surface area contributed by atoms with Crippen LogP contribution in [0.3, 0.4) is 0 Å². The van der Waals surface area contributed by atoms with E-state index in [0.717, 1.165) is 37.2 Å². The molecular weight excluding hydrogens is 252 g/mol. The maximum absolute atomic E-state index is 10.2. The number of aliphatic hydroxyl groups is 1. The predicted octanol–water partition coefficient (Wildman–Crippen LogP) is 2.27. The first-order valence-corrected chi connectivity index (χ1v) is 7.46. The lowest BCUT2D eigenvalue weighted by atomic mass is 9.92. The predicted molar refractivity (Wildman–Crippen MR) is 82.2 cm³/mol. The fourth-order valence-corrected chi connectivity index (χ4v) is 2.89. The van der Waals surface area contributed by atoms with Crippen LogP contribution in [0.1, 0.15) is 38.3 Å². The molecule has 1 aromatic carbocycles. The molecule has 20 heavy (non-hydrogen) atoms. The summed E-state index contributed by atoms with van der Waals surface area (Å²) in [6.45, 7) is 5.79. The van der Waals surface area contributed by atoms with Gasteiger partial charge < -0.3 is 20.4 Å². The maximum atomic E-state index is 10.2. The van der Waals surface area contributed by atoms with Crippen LogP contribution in [0, 0.1) is 5.92 Å². The largest absolute Gasteiger partial charge is 0.508 e. The second-order valence-electron chi connectivity index (χ2n) is 5.82. The van der Waals surface area contributed by atoms with Crippen LogP contribution in [0.15, 0.2) is 18.2 Å². The molecule has 2 unspecified atom stereocenters. The van der Waals surface area contributed by atoms with Crippen LogP contribution in [0.5, 0.6) is 5.75 Å². The normalized spacial score (nSPS) is 19.9. The SMILES string of the molecule is CNC(C)c1ccc(N2CCC(C(C)O)CC2)cc1O. The molecule has 4 heteroatoms. The third kappa shape index (κ3) is 3.25. The molecule has 2 rings (SSSR count). The van der Waals surface area contributed by atoms with Gasteiger partial charge in [-0.05, 0) is 45.7 Å². The van der Waals surface area contributed by atoms with Crippen molar-refractivity contribution >= 4 is 5.69 Å². The van der Waals surface area contributed by atoms with Gasteiger partial charge in [-0.25, -0.2) is 0 Å². The van der Waals surface area contributed by atoms with E-state index in [1.165, 1.54) is 0 Å². The van der Waals surface area contributed by atoms with Gasteiger partial charge in [0.2, 0.25) is 0 Å². The second-order valence-corrected chi connectivity index (χ2v) is 5.82. The number of rotatable bonds is 4.